The summed E-state index contributed by atoms with van der Waals surface area (Å²) < 4.78 is 18.6. The molecule has 0 unspecified atom stereocenters. The lowest BCUT2D eigenvalue weighted by molar-refractivity contribution is 0.439. The number of nitrogen functional groups attached to an aromatic ring is 1. The first-order valence-corrected chi connectivity index (χ1v) is 6.08. The highest BCUT2D eigenvalue weighted by molar-refractivity contribution is 5.86. The van der Waals surface area contributed by atoms with E-state index >= 15 is 0 Å². The predicted molar refractivity (Wildman–Crippen MR) is 74.3 cm³/mol. The fourth-order valence-corrected chi connectivity index (χ4v) is 2.16. The monoisotopic (exact) mass is 269 g/mol. The number of hydrogen-bond acceptors (Lipinski definition) is 4. The number of nitrogens with two attached hydrogens (primary N) is 1. The van der Waals surface area contributed by atoms with Crippen LogP contribution >= 0.6 is 0 Å². The van der Waals surface area contributed by atoms with Crippen LogP contribution in [0, 0.1) is 12.7 Å². The van der Waals surface area contributed by atoms with Crippen LogP contribution in [0.25, 0.3) is 22.4 Å². The van der Waals surface area contributed by atoms with E-state index in [1.807, 2.05) is 19.1 Å². The molecule has 0 amide bonds. The van der Waals surface area contributed by atoms with E-state index in [-0.39, 0.29) is 11.7 Å². The Morgan fingerprint density at radius 2 is 2.05 bits per heavy atom. The van der Waals surface area contributed by atoms with Crippen molar-refractivity contribution in [1.29, 1.82) is 0 Å². The molecule has 0 aliphatic rings. The van der Waals surface area contributed by atoms with Crippen molar-refractivity contribution < 1.29 is 8.91 Å². The molecule has 2 N–H and O–H groups in total. The fourth-order valence-electron chi connectivity index (χ4n) is 2.16. The molecule has 100 valence electrons. The van der Waals surface area contributed by atoms with Gasteiger partial charge in [0.2, 0.25) is 5.88 Å². The van der Waals surface area contributed by atoms with E-state index in [1.165, 1.54) is 12.1 Å². The van der Waals surface area contributed by atoms with E-state index in [0.717, 1.165) is 11.1 Å². The molecule has 0 radical (unpaired) electrons. The van der Waals surface area contributed by atoms with Crippen molar-refractivity contribution in [3.05, 3.63) is 54.1 Å². The largest absolute Gasteiger partial charge is 0.367 e. The molecule has 4 nitrogen and oxygen atoms in total. The zero-order valence-corrected chi connectivity index (χ0v) is 10.8. The zero-order chi connectivity index (χ0) is 14.1. The summed E-state index contributed by atoms with van der Waals surface area (Å²) in [6.45, 7) is 1.82. The van der Waals surface area contributed by atoms with Crippen LogP contribution in [-0.4, -0.2) is 10.1 Å². The van der Waals surface area contributed by atoms with E-state index in [1.54, 1.807) is 18.5 Å². The molecular formula is C15H12FN3O. The lowest BCUT2D eigenvalue weighted by atomic mass is 10.0. The first kappa shape index (κ1) is 12.3. The van der Waals surface area contributed by atoms with Crippen molar-refractivity contribution in [3.63, 3.8) is 0 Å². The van der Waals surface area contributed by atoms with E-state index < -0.39 is 0 Å². The van der Waals surface area contributed by atoms with Crippen molar-refractivity contribution in [2.24, 2.45) is 0 Å². The molecule has 3 aromatic rings. The SMILES string of the molecule is Cc1cc(F)cc(-c2noc(N)c2-c2cccnc2)c1. The lowest BCUT2D eigenvalue weighted by Gasteiger charge is -2.04. The quantitative estimate of drug-likeness (QED) is 0.774. The van der Waals surface area contributed by atoms with Crippen LogP contribution in [0.5, 0.6) is 0 Å². The molecule has 0 aliphatic heterocycles. The van der Waals surface area contributed by atoms with Gasteiger partial charge in [0.15, 0.2) is 0 Å². The van der Waals surface area contributed by atoms with Gasteiger partial charge in [0.1, 0.15) is 11.5 Å². The van der Waals surface area contributed by atoms with Crippen LogP contribution in [0.1, 0.15) is 5.56 Å². The van der Waals surface area contributed by atoms with Crippen LogP contribution in [0.15, 0.2) is 47.2 Å². The first-order valence-electron chi connectivity index (χ1n) is 6.08. The molecule has 20 heavy (non-hydrogen) atoms. The van der Waals surface area contributed by atoms with Crippen molar-refractivity contribution in [2.75, 3.05) is 5.73 Å². The summed E-state index contributed by atoms with van der Waals surface area (Å²) in [4.78, 5) is 4.05. The van der Waals surface area contributed by atoms with Gasteiger partial charge in [0.25, 0.3) is 0 Å². The van der Waals surface area contributed by atoms with Crippen LogP contribution in [0.4, 0.5) is 10.3 Å². The minimum atomic E-state index is -0.321. The summed E-state index contributed by atoms with van der Waals surface area (Å²) in [5.74, 6) is -0.131. The number of pyridine rings is 1. The zero-order valence-electron chi connectivity index (χ0n) is 10.8. The maximum Gasteiger partial charge on any atom is 0.230 e. The molecule has 5 heteroatoms. The number of nitrogens with zero attached hydrogens (tertiary/aromatic N) is 2. The van der Waals surface area contributed by atoms with Gasteiger partial charge >= 0.3 is 0 Å². The molecule has 0 aliphatic carbocycles. The minimum absolute atomic E-state index is 0.190. The van der Waals surface area contributed by atoms with Crippen molar-refractivity contribution >= 4 is 5.88 Å². The number of halogens is 1. The molecule has 0 saturated carbocycles. The molecule has 2 aromatic heterocycles. The lowest BCUT2D eigenvalue weighted by Crippen LogP contribution is -1.89. The third-order valence-electron chi connectivity index (χ3n) is 2.98. The van der Waals surface area contributed by atoms with Crippen molar-refractivity contribution in [2.45, 2.75) is 6.92 Å². The van der Waals surface area contributed by atoms with E-state index in [4.69, 9.17) is 10.3 Å². The minimum Gasteiger partial charge on any atom is -0.367 e. The van der Waals surface area contributed by atoms with E-state index in [9.17, 15) is 4.39 Å². The Hall–Kier alpha value is -2.69. The second-order valence-electron chi connectivity index (χ2n) is 4.53. The maximum absolute atomic E-state index is 13.6. The van der Waals surface area contributed by atoms with Gasteiger partial charge in [0.05, 0.1) is 5.56 Å². The second kappa shape index (κ2) is 4.77. The summed E-state index contributed by atoms with van der Waals surface area (Å²) in [6, 6.07) is 8.34. The van der Waals surface area contributed by atoms with Gasteiger partial charge in [-0.25, -0.2) is 4.39 Å². The number of rotatable bonds is 2. The highest BCUT2D eigenvalue weighted by atomic mass is 19.1. The Labute approximate surface area is 115 Å². The Balaban J connectivity index is 2.21. The van der Waals surface area contributed by atoms with Crippen LogP contribution in [0.2, 0.25) is 0 Å². The van der Waals surface area contributed by atoms with Crippen LogP contribution in [-0.2, 0) is 0 Å². The average Bonchev–Trinajstić information content (AvgIpc) is 2.80. The standard InChI is InChI=1S/C15H12FN3O/c1-9-5-11(7-12(16)6-9)14-13(15(17)20-19-14)10-3-2-4-18-8-10/h2-8H,17H2,1H3. The smallest absolute Gasteiger partial charge is 0.230 e. The third-order valence-corrected chi connectivity index (χ3v) is 2.98. The van der Waals surface area contributed by atoms with Crippen molar-refractivity contribution in [1.82, 2.24) is 10.1 Å². The molecule has 0 spiro atoms. The second-order valence-corrected chi connectivity index (χ2v) is 4.53. The normalized spacial score (nSPS) is 10.7. The highest BCUT2D eigenvalue weighted by Gasteiger charge is 2.18. The molecule has 0 fully saturated rings. The Morgan fingerprint density at radius 1 is 1.20 bits per heavy atom. The molecule has 0 bridgehead atoms. The average molecular weight is 269 g/mol. The van der Waals surface area contributed by atoms with Gasteiger partial charge in [-0.2, -0.15) is 0 Å². The number of hydrogen-bond donors (Lipinski definition) is 1. The topological polar surface area (TPSA) is 64.9 Å². The molecule has 2 heterocycles. The molecule has 0 atom stereocenters. The molecule has 3 rings (SSSR count). The number of aromatic nitrogens is 2. The summed E-state index contributed by atoms with van der Waals surface area (Å²) >= 11 is 0. The fraction of sp³-hybridized carbons (Fsp3) is 0.0667. The Kier molecular flexibility index (Phi) is 2.95. The predicted octanol–water partition coefficient (Wildman–Crippen LogP) is 3.43. The molecule has 0 saturated heterocycles. The number of benzene rings is 1. The number of aryl methyl sites for hydroxylation is 1. The number of anilines is 1. The Morgan fingerprint density at radius 3 is 2.75 bits per heavy atom. The Bertz CT molecular complexity index is 733. The summed E-state index contributed by atoms with van der Waals surface area (Å²) in [5.41, 5.74) is 9.19. The summed E-state index contributed by atoms with van der Waals surface area (Å²) in [6.07, 6.45) is 3.33. The van der Waals surface area contributed by atoms with Gasteiger partial charge in [0, 0.05) is 23.5 Å². The summed E-state index contributed by atoms with van der Waals surface area (Å²) in [7, 11) is 0. The van der Waals surface area contributed by atoms with E-state index in [2.05, 4.69) is 10.1 Å². The van der Waals surface area contributed by atoms with Gasteiger partial charge in [-0.15, -0.1) is 0 Å². The third kappa shape index (κ3) is 2.14. The highest BCUT2D eigenvalue weighted by Crippen LogP contribution is 2.36. The van der Waals surface area contributed by atoms with Gasteiger partial charge < -0.3 is 10.3 Å². The van der Waals surface area contributed by atoms with Crippen LogP contribution < -0.4 is 5.73 Å². The van der Waals surface area contributed by atoms with Gasteiger partial charge in [-0.1, -0.05) is 11.2 Å². The van der Waals surface area contributed by atoms with Crippen molar-refractivity contribution in [3.8, 4) is 22.4 Å². The van der Waals surface area contributed by atoms with E-state index in [0.29, 0.717) is 16.8 Å². The molecular weight excluding hydrogens is 257 g/mol. The molecule has 1 aromatic carbocycles. The maximum atomic E-state index is 13.6. The first-order chi connectivity index (χ1) is 9.65. The van der Waals surface area contributed by atoms with Crippen LogP contribution in [0.3, 0.4) is 0 Å². The summed E-state index contributed by atoms with van der Waals surface area (Å²) in [5, 5.41) is 3.95. The van der Waals surface area contributed by atoms with Gasteiger partial charge in [-0.05, 0) is 36.8 Å². The van der Waals surface area contributed by atoms with Gasteiger partial charge in [-0.3, -0.25) is 4.98 Å².